The quantitative estimate of drug-likeness (QED) is 0.365. The van der Waals surface area contributed by atoms with Crippen LogP contribution in [0.1, 0.15) is 11.1 Å². The molecule has 3 aromatic rings. The number of carbonyl (C=O) groups excluding carboxylic acids is 1. The average Bonchev–Trinajstić information content (AvgIpc) is 3.20. The first-order valence-corrected chi connectivity index (χ1v) is 9.18. The summed E-state index contributed by atoms with van der Waals surface area (Å²) < 4.78 is 5.39. The lowest BCUT2D eigenvalue weighted by Crippen LogP contribution is -2.34. The topological polar surface area (TPSA) is 78.2 Å². The van der Waals surface area contributed by atoms with Crippen molar-refractivity contribution in [3.63, 3.8) is 0 Å². The van der Waals surface area contributed by atoms with E-state index in [0.29, 0.717) is 29.6 Å². The van der Waals surface area contributed by atoms with Gasteiger partial charge in [0, 0.05) is 41.4 Å². The standard InChI is InChI=1S/C21H22N4O2S/c1-3-20(26)25-16-7-8-19(27-2)15(11-16)13-24-21(28)23-12-14-5-4-6-18-17(14)9-10-22-18/h3-11,22H,1,12-13H2,2H3,(H,25,26)(H2,23,24,28). The van der Waals surface area contributed by atoms with E-state index in [2.05, 4.69) is 39.6 Å². The van der Waals surface area contributed by atoms with Gasteiger partial charge in [0.25, 0.3) is 0 Å². The Hall–Kier alpha value is -3.32. The summed E-state index contributed by atoms with van der Waals surface area (Å²) in [7, 11) is 1.61. The number of H-pyrrole nitrogens is 1. The van der Waals surface area contributed by atoms with Crippen molar-refractivity contribution in [3.05, 3.63) is 72.4 Å². The number of fused-ring (bicyclic) bond motifs is 1. The van der Waals surface area contributed by atoms with Gasteiger partial charge in [-0.15, -0.1) is 0 Å². The number of ether oxygens (including phenoxy) is 1. The molecule has 1 amide bonds. The van der Waals surface area contributed by atoms with E-state index in [0.717, 1.165) is 16.6 Å². The molecule has 0 aliphatic heterocycles. The molecule has 144 valence electrons. The number of methoxy groups -OCH3 is 1. The van der Waals surface area contributed by atoms with Crippen LogP contribution in [-0.4, -0.2) is 23.1 Å². The molecule has 6 nitrogen and oxygen atoms in total. The number of thiocarbonyl (C=S) groups is 1. The summed E-state index contributed by atoms with van der Waals surface area (Å²) in [4.78, 5) is 14.7. The highest BCUT2D eigenvalue weighted by molar-refractivity contribution is 7.80. The normalized spacial score (nSPS) is 10.3. The number of rotatable bonds is 7. The van der Waals surface area contributed by atoms with Crippen LogP contribution in [0.2, 0.25) is 0 Å². The van der Waals surface area contributed by atoms with E-state index in [1.807, 2.05) is 24.4 Å². The monoisotopic (exact) mass is 394 g/mol. The van der Waals surface area contributed by atoms with Crippen molar-refractivity contribution in [2.75, 3.05) is 12.4 Å². The highest BCUT2D eigenvalue weighted by Crippen LogP contribution is 2.22. The maximum Gasteiger partial charge on any atom is 0.247 e. The molecule has 1 heterocycles. The maximum atomic E-state index is 11.5. The molecule has 0 saturated heterocycles. The Labute approximate surface area is 169 Å². The number of nitrogens with one attached hydrogen (secondary N) is 4. The predicted octanol–water partition coefficient (Wildman–Crippen LogP) is 3.47. The van der Waals surface area contributed by atoms with E-state index in [-0.39, 0.29) is 5.91 Å². The lowest BCUT2D eigenvalue weighted by Gasteiger charge is -2.14. The summed E-state index contributed by atoms with van der Waals surface area (Å²) in [5.41, 5.74) is 3.80. The van der Waals surface area contributed by atoms with E-state index in [4.69, 9.17) is 17.0 Å². The van der Waals surface area contributed by atoms with E-state index < -0.39 is 0 Å². The molecule has 3 rings (SSSR count). The molecule has 2 aromatic carbocycles. The Morgan fingerprint density at radius 1 is 1.18 bits per heavy atom. The summed E-state index contributed by atoms with van der Waals surface area (Å²) in [6.07, 6.45) is 3.15. The number of benzene rings is 2. The van der Waals surface area contributed by atoms with Gasteiger partial charge in [0.2, 0.25) is 5.91 Å². The summed E-state index contributed by atoms with van der Waals surface area (Å²) in [6.45, 7) is 4.54. The maximum absolute atomic E-state index is 11.5. The van der Waals surface area contributed by atoms with Crippen LogP contribution < -0.4 is 20.7 Å². The molecular weight excluding hydrogens is 372 g/mol. The molecule has 0 saturated carbocycles. The molecule has 0 unspecified atom stereocenters. The van der Waals surface area contributed by atoms with Crippen molar-refractivity contribution in [1.29, 1.82) is 0 Å². The minimum Gasteiger partial charge on any atom is -0.496 e. The van der Waals surface area contributed by atoms with Gasteiger partial charge in [-0.25, -0.2) is 0 Å². The van der Waals surface area contributed by atoms with Crippen LogP contribution in [0.5, 0.6) is 5.75 Å². The van der Waals surface area contributed by atoms with Crippen molar-refractivity contribution in [1.82, 2.24) is 15.6 Å². The van der Waals surface area contributed by atoms with Crippen LogP contribution >= 0.6 is 12.2 Å². The van der Waals surface area contributed by atoms with Gasteiger partial charge in [-0.2, -0.15) is 0 Å². The van der Waals surface area contributed by atoms with Gasteiger partial charge in [-0.05, 0) is 54.2 Å². The number of amides is 1. The van der Waals surface area contributed by atoms with Crippen LogP contribution in [0, 0.1) is 0 Å². The largest absolute Gasteiger partial charge is 0.496 e. The predicted molar refractivity (Wildman–Crippen MR) is 116 cm³/mol. The molecule has 0 spiro atoms. The van der Waals surface area contributed by atoms with Crippen LogP contribution in [0.25, 0.3) is 10.9 Å². The fourth-order valence-corrected chi connectivity index (χ4v) is 3.05. The lowest BCUT2D eigenvalue weighted by molar-refractivity contribution is -0.111. The van der Waals surface area contributed by atoms with E-state index in [1.165, 1.54) is 11.5 Å². The Kier molecular flexibility index (Phi) is 6.29. The zero-order valence-corrected chi connectivity index (χ0v) is 16.4. The number of aromatic nitrogens is 1. The number of aromatic amines is 1. The summed E-state index contributed by atoms with van der Waals surface area (Å²) >= 11 is 5.40. The first-order valence-electron chi connectivity index (χ1n) is 8.77. The smallest absolute Gasteiger partial charge is 0.247 e. The highest BCUT2D eigenvalue weighted by atomic mass is 32.1. The van der Waals surface area contributed by atoms with Crippen LogP contribution in [0.4, 0.5) is 5.69 Å². The minimum absolute atomic E-state index is 0.264. The average molecular weight is 395 g/mol. The van der Waals surface area contributed by atoms with Crippen molar-refractivity contribution in [3.8, 4) is 5.75 Å². The zero-order chi connectivity index (χ0) is 19.9. The molecule has 28 heavy (non-hydrogen) atoms. The Bertz CT molecular complexity index is 1010. The summed E-state index contributed by atoms with van der Waals surface area (Å²) in [5.74, 6) is 0.448. The minimum atomic E-state index is -0.264. The molecule has 0 aliphatic carbocycles. The Morgan fingerprint density at radius 3 is 2.71 bits per heavy atom. The fraction of sp³-hybridized carbons (Fsp3) is 0.143. The van der Waals surface area contributed by atoms with Gasteiger partial charge in [0.05, 0.1) is 7.11 Å². The van der Waals surface area contributed by atoms with Crippen molar-refractivity contribution >= 4 is 39.8 Å². The van der Waals surface area contributed by atoms with Gasteiger partial charge in [0.15, 0.2) is 5.11 Å². The zero-order valence-electron chi connectivity index (χ0n) is 15.5. The van der Waals surface area contributed by atoms with Crippen LogP contribution in [0.3, 0.4) is 0 Å². The van der Waals surface area contributed by atoms with Gasteiger partial charge >= 0.3 is 0 Å². The fourth-order valence-electron chi connectivity index (χ4n) is 2.91. The molecule has 0 fully saturated rings. The second-order valence-corrected chi connectivity index (χ2v) is 6.52. The number of carbonyl (C=O) groups is 1. The van der Waals surface area contributed by atoms with Crippen LogP contribution in [0.15, 0.2) is 61.3 Å². The Balaban J connectivity index is 1.60. The molecular formula is C21H22N4O2S. The van der Waals surface area contributed by atoms with E-state index >= 15 is 0 Å². The number of anilines is 1. The molecule has 1 aromatic heterocycles. The number of hydrogen-bond acceptors (Lipinski definition) is 3. The first-order chi connectivity index (χ1) is 13.6. The number of hydrogen-bond donors (Lipinski definition) is 4. The molecule has 4 N–H and O–H groups in total. The lowest BCUT2D eigenvalue weighted by atomic mass is 10.1. The second-order valence-electron chi connectivity index (χ2n) is 6.11. The summed E-state index contributed by atoms with van der Waals surface area (Å²) in [5, 5.41) is 10.9. The molecule has 7 heteroatoms. The first kappa shape index (κ1) is 19.4. The van der Waals surface area contributed by atoms with Gasteiger partial charge < -0.3 is 25.7 Å². The van der Waals surface area contributed by atoms with Crippen LogP contribution in [-0.2, 0) is 17.9 Å². The SMILES string of the molecule is C=CC(=O)Nc1ccc(OC)c(CNC(=S)NCc2cccc3[nH]ccc23)c1. The molecule has 0 bridgehead atoms. The van der Waals surface area contributed by atoms with Gasteiger partial charge in [-0.1, -0.05) is 18.7 Å². The third-order valence-corrected chi connectivity index (χ3v) is 4.59. The van der Waals surface area contributed by atoms with Crippen molar-refractivity contribution in [2.24, 2.45) is 0 Å². The van der Waals surface area contributed by atoms with Gasteiger partial charge in [0.1, 0.15) is 5.75 Å². The van der Waals surface area contributed by atoms with E-state index in [1.54, 1.807) is 19.2 Å². The third-order valence-electron chi connectivity index (χ3n) is 4.30. The van der Waals surface area contributed by atoms with Crippen molar-refractivity contribution < 1.29 is 9.53 Å². The second kappa shape index (κ2) is 9.05. The van der Waals surface area contributed by atoms with E-state index in [9.17, 15) is 4.79 Å². The Morgan fingerprint density at radius 2 is 1.96 bits per heavy atom. The van der Waals surface area contributed by atoms with Gasteiger partial charge in [-0.3, -0.25) is 4.79 Å². The molecule has 0 radical (unpaired) electrons. The third kappa shape index (κ3) is 4.69. The molecule has 0 aliphatic rings. The molecule has 0 atom stereocenters. The summed E-state index contributed by atoms with van der Waals surface area (Å²) in [6, 6.07) is 13.6. The highest BCUT2D eigenvalue weighted by Gasteiger charge is 2.07. The van der Waals surface area contributed by atoms with Crippen molar-refractivity contribution in [2.45, 2.75) is 13.1 Å².